The molecule has 2 aromatic carbocycles. The maximum atomic E-state index is 14.1. The topological polar surface area (TPSA) is 21.3 Å². The minimum Gasteiger partial charge on any atom is -0.496 e. The van der Waals surface area contributed by atoms with Crippen molar-refractivity contribution in [2.45, 2.75) is 6.04 Å². The average molecular weight is 281 g/mol. The smallest absolute Gasteiger partial charge is 0.163 e. The number of halogens is 3. The summed E-state index contributed by atoms with van der Waals surface area (Å²) in [6.45, 7) is 0. The van der Waals surface area contributed by atoms with Crippen LogP contribution >= 0.6 is 0 Å². The van der Waals surface area contributed by atoms with Crippen LogP contribution in [0.2, 0.25) is 0 Å². The van der Waals surface area contributed by atoms with Gasteiger partial charge in [-0.05, 0) is 25.2 Å². The summed E-state index contributed by atoms with van der Waals surface area (Å²) in [6.07, 6.45) is 0. The van der Waals surface area contributed by atoms with Crippen molar-refractivity contribution in [2.24, 2.45) is 0 Å². The normalized spacial score (nSPS) is 12.2. The van der Waals surface area contributed by atoms with Crippen molar-refractivity contribution < 1.29 is 17.9 Å². The van der Waals surface area contributed by atoms with Gasteiger partial charge in [-0.3, -0.25) is 0 Å². The summed E-state index contributed by atoms with van der Waals surface area (Å²) in [6, 6.07) is 7.27. The van der Waals surface area contributed by atoms with Crippen molar-refractivity contribution in [3.63, 3.8) is 0 Å². The van der Waals surface area contributed by atoms with Gasteiger partial charge in [-0.1, -0.05) is 18.2 Å². The molecule has 0 aliphatic carbocycles. The summed E-state index contributed by atoms with van der Waals surface area (Å²) in [7, 11) is 2.94. The molecule has 1 atom stereocenters. The second-order valence-corrected chi connectivity index (χ2v) is 4.22. The molecule has 0 saturated heterocycles. The predicted octanol–water partition coefficient (Wildman–Crippen LogP) is 3.42. The first-order chi connectivity index (χ1) is 9.60. The Bertz CT molecular complexity index is 616. The van der Waals surface area contributed by atoms with E-state index in [-0.39, 0.29) is 16.9 Å². The van der Waals surface area contributed by atoms with Gasteiger partial charge in [0.2, 0.25) is 0 Å². The van der Waals surface area contributed by atoms with Crippen LogP contribution in [0.15, 0.2) is 36.4 Å². The zero-order valence-corrected chi connectivity index (χ0v) is 11.1. The van der Waals surface area contributed by atoms with Crippen molar-refractivity contribution >= 4 is 0 Å². The molecule has 0 aliphatic rings. The van der Waals surface area contributed by atoms with E-state index in [9.17, 15) is 13.2 Å². The maximum absolute atomic E-state index is 14.1. The van der Waals surface area contributed by atoms with Gasteiger partial charge in [-0.25, -0.2) is 13.2 Å². The minimum absolute atomic E-state index is 0.0240. The predicted molar refractivity (Wildman–Crippen MR) is 70.2 cm³/mol. The zero-order chi connectivity index (χ0) is 14.7. The van der Waals surface area contributed by atoms with Gasteiger partial charge >= 0.3 is 0 Å². The lowest BCUT2D eigenvalue weighted by atomic mass is 9.96. The minimum atomic E-state index is -1.00. The Kier molecular flexibility index (Phi) is 4.29. The third-order valence-corrected chi connectivity index (χ3v) is 3.10. The highest BCUT2D eigenvalue weighted by Crippen LogP contribution is 2.33. The molecule has 0 heterocycles. The van der Waals surface area contributed by atoms with Crippen LogP contribution in [-0.2, 0) is 0 Å². The van der Waals surface area contributed by atoms with Crippen molar-refractivity contribution in [3.05, 3.63) is 65.0 Å². The highest BCUT2D eigenvalue weighted by Gasteiger charge is 2.24. The molecule has 0 aliphatic heterocycles. The largest absolute Gasteiger partial charge is 0.496 e. The Balaban J connectivity index is 2.61. The van der Waals surface area contributed by atoms with Crippen LogP contribution in [0.25, 0.3) is 0 Å². The van der Waals surface area contributed by atoms with Crippen LogP contribution < -0.4 is 10.1 Å². The molecule has 1 N–H and O–H groups in total. The number of rotatable bonds is 4. The summed E-state index contributed by atoms with van der Waals surface area (Å²) in [5.41, 5.74) is 0.165. The highest BCUT2D eigenvalue weighted by atomic mass is 19.2. The van der Waals surface area contributed by atoms with Gasteiger partial charge in [0.15, 0.2) is 11.6 Å². The van der Waals surface area contributed by atoms with Gasteiger partial charge in [-0.15, -0.1) is 0 Å². The molecular weight excluding hydrogens is 267 g/mol. The number of hydrogen-bond donors (Lipinski definition) is 1. The van der Waals surface area contributed by atoms with Crippen LogP contribution in [-0.4, -0.2) is 14.2 Å². The van der Waals surface area contributed by atoms with Crippen molar-refractivity contribution in [3.8, 4) is 5.75 Å². The van der Waals surface area contributed by atoms with Crippen LogP contribution in [0.4, 0.5) is 13.2 Å². The van der Waals surface area contributed by atoms with E-state index >= 15 is 0 Å². The molecule has 0 fully saturated rings. The quantitative estimate of drug-likeness (QED) is 0.927. The first-order valence-corrected chi connectivity index (χ1v) is 6.03. The van der Waals surface area contributed by atoms with E-state index in [4.69, 9.17) is 4.74 Å². The highest BCUT2D eigenvalue weighted by molar-refractivity contribution is 5.43. The summed E-state index contributed by atoms with van der Waals surface area (Å²) in [4.78, 5) is 0. The fraction of sp³-hybridized carbons (Fsp3) is 0.200. The lowest BCUT2D eigenvalue weighted by Crippen LogP contribution is -2.21. The van der Waals surface area contributed by atoms with Gasteiger partial charge in [-0.2, -0.15) is 0 Å². The zero-order valence-electron chi connectivity index (χ0n) is 11.1. The molecule has 0 spiro atoms. The summed E-state index contributed by atoms with van der Waals surface area (Å²) < 4.78 is 46.4. The first-order valence-electron chi connectivity index (χ1n) is 6.03. The SMILES string of the molecule is CNC(c1cccc(F)c1F)c1c(F)cccc1OC. The molecule has 0 radical (unpaired) electrons. The van der Waals surface area contributed by atoms with Gasteiger partial charge < -0.3 is 10.1 Å². The molecule has 0 amide bonds. The molecule has 20 heavy (non-hydrogen) atoms. The van der Waals surface area contributed by atoms with E-state index in [2.05, 4.69) is 5.32 Å². The second kappa shape index (κ2) is 5.96. The standard InChI is InChI=1S/C15H14F3NO/c1-19-15(9-5-3-7-11(17)14(9)18)13-10(16)6-4-8-12(13)20-2/h3-8,15,19H,1-2H3. The Labute approximate surface area is 115 Å². The molecule has 0 saturated carbocycles. The molecule has 1 unspecified atom stereocenters. The van der Waals surface area contributed by atoms with Crippen LogP contribution in [0.5, 0.6) is 5.75 Å². The van der Waals surface area contributed by atoms with Crippen LogP contribution in [0.1, 0.15) is 17.2 Å². The van der Waals surface area contributed by atoms with E-state index in [0.29, 0.717) is 0 Å². The fourth-order valence-corrected chi connectivity index (χ4v) is 2.17. The molecule has 5 heteroatoms. The van der Waals surface area contributed by atoms with Crippen molar-refractivity contribution in [1.29, 1.82) is 0 Å². The number of benzene rings is 2. The third kappa shape index (κ3) is 2.49. The van der Waals surface area contributed by atoms with E-state index in [1.807, 2.05) is 0 Å². The van der Waals surface area contributed by atoms with Crippen molar-refractivity contribution in [2.75, 3.05) is 14.2 Å². The van der Waals surface area contributed by atoms with Gasteiger partial charge in [0.25, 0.3) is 0 Å². The van der Waals surface area contributed by atoms with Gasteiger partial charge in [0.05, 0.1) is 18.7 Å². The second-order valence-electron chi connectivity index (χ2n) is 4.22. The summed E-state index contributed by atoms with van der Waals surface area (Å²) >= 11 is 0. The fourth-order valence-electron chi connectivity index (χ4n) is 2.17. The maximum Gasteiger partial charge on any atom is 0.163 e. The molecule has 2 rings (SSSR count). The Hall–Kier alpha value is -2.01. The molecule has 0 bridgehead atoms. The van der Waals surface area contributed by atoms with E-state index in [1.165, 1.54) is 31.4 Å². The monoisotopic (exact) mass is 281 g/mol. The lowest BCUT2D eigenvalue weighted by molar-refractivity contribution is 0.396. The number of methoxy groups -OCH3 is 1. The van der Waals surface area contributed by atoms with E-state index in [1.54, 1.807) is 13.1 Å². The van der Waals surface area contributed by atoms with Gasteiger partial charge in [0, 0.05) is 5.56 Å². The number of hydrogen-bond acceptors (Lipinski definition) is 2. The molecule has 2 nitrogen and oxygen atoms in total. The van der Waals surface area contributed by atoms with E-state index < -0.39 is 23.5 Å². The van der Waals surface area contributed by atoms with Crippen molar-refractivity contribution in [1.82, 2.24) is 5.32 Å². The molecule has 2 aromatic rings. The van der Waals surface area contributed by atoms with Crippen LogP contribution in [0, 0.1) is 17.5 Å². The first kappa shape index (κ1) is 14.4. The lowest BCUT2D eigenvalue weighted by Gasteiger charge is -2.21. The average Bonchev–Trinajstić information content (AvgIpc) is 2.45. The molecule has 106 valence electrons. The van der Waals surface area contributed by atoms with Crippen LogP contribution in [0.3, 0.4) is 0 Å². The Morgan fingerprint density at radius 2 is 1.65 bits per heavy atom. The summed E-state index contributed by atoms with van der Waals surface area (Å²) in [5.74, 6) is -2.25. The van der Waals surface area contributed by atoms with Gasteiger partial charge in [0.1, 0.15) is 11.6 Å². The number of ether oxygens (including phenoxy) is 1. The molecular formula is C15H14F3NO. The van der Waals surface area contributed by atoms with E-state index in [0.717, 1.165) is 6.07 Å². The molecule has 0 aromatic heterocycles. The number of nitrogens with one attached hydrogen (secondary N) is 1. The Morgan fingerprint density at radius 1 is 1.00 bits per heavy atom. The summed E-state index contributed by atoms with van der Waals surface area (Å²) in [5, 5.41) is 2.79. The third-order valence-electron chi connectivity index (χ3n) is 3.10. The Morgan fingerprint density at radius 3 is 2.30 bits per heavy atom.